The van der Waals surface area contributed by atoms with Crippen LogP contribution in [0.5, 0.6) is 11.5 Å². The number of aliphatic hydroxyl groups is 1. The second-order valence-electron chi connectivity index (χ2n) is 4.71. The molecule has 0 amide bonds. The number of nitrogens with zero attached hydrogens (tertiary/aromatic N) is 1. The van der Waals surface area contributed by atoms with E-state index >= 15 is 0 Å². The molecule has 0 aliphatic carbocycles. The maximum atomic E-state index is 9.78. The van der Waals surface area contributed by atoms with Gasteiger partial charge in [-0.05, 0) is 26.0 Å². The highest BCUT2D eigenvalue weighted by Crippen LogP contribution is 2.31. The number of hydrogen-bond acceptors (Lipinski definition) is 4. The van der Waals surface area contributed by atoms with Gasteiger partial charge in [0.15, 0.2) is 11.5 Å². The fraction of sp³-hybridized carbons (Fsp3) is 0.538. The average molecular weight is 239 g/mol. The highest BCUT2D eigenvalue weighted by molar-refractivity contribution is 5.56. The Morgan fingerprint density at radius 1 is 1.18 bits per heavy atom. The normalized spacial score (nSPS) is 11.2. The number of benzene rings is 1. The maximum absolute atomic E-state index is 9.78. The van der Waals surface area contributed by atoms with Crippen LogP contribution < -0.4 is 14.4 Å². The first kappa shape index (κ1) is 13.6. The van der Waals surface area contributed by atoms with Gasteiger partial charge in [-0.3, -0.25) is 0 Å². The molecule has 0 aromatic heterocycles. The Bertz CT molecular complexity index is 371. The first-order chi connectivity index (χ1) is 7.87. The van der Waals surface area contributed by atoms with E-state index in [-0.39, 0.29) is 0 Å². The first-order valence-electron chi connectivity index (χ1n) is 5.53. The molecule has 1 aromatic rings. The molecule has 0 heterocycles. The van der Waals surface area contributed by atoms with Crippen molar-refractivity contribution in [1.29, 1.82) is 0 Å². The third-order valence-electron chi connectivity index (χ3n) is 2.43. The van der Waals surface area contributed by atoms with Gasteiger partial charge in [-0.25, -0.2) is 0 Å². The minimum Gasteiger partial charge on any atom is -0.493 e. The summed E-state index contributed by atoms with van der Waals surface area (Å²) >= 11 is 0. The van der Waals surface area contributed by atoms with Gasteiger partial charge in [-0.1, -0.05) is 0 Å². The van der Waals surface area contributed by atoms with Gasteiger partial charge in [-0.2, -0.15) is 0 Å². The molecule has 96 valence electrons. The maximum Gasteiger partial charge on any atom is 0.162 e. The van der Waals surface area contributed by atoms with E-state index < -0.39 is 5.60 Å². The SMILES string of the molecule is COc1ccc(N(C)CC(C)(C)O)cc1OC. The molecule has 0 bridgehead atoms. The molecule has 17 heavy (non-hydrogen) atoms. The lowest BCUT2D eigenvalue weighted by atomic mass is 10.1. The van der Waals surface area contributed by atoms with Crippen LogP contribution in [0.4, 0.5) is 5.69 Å². The van der Waals surface area contributed by atoms with Gasteiger partial charge in [0.1, 0.15) is 0 Å². The zero-order valence-electron chi connectivity index (χ0n) is 11.2. The van der Waals surface area contributed by atoms with Gasteiger partial charge in [0, 0.05) is 25.3 Å². The van der Waals surface area contributed by atoms with Gasteiger partial charge in [0.2, 0.25) is 0 Å². The van der Waals surface area contributed by atoms with E-state index in [1.54, 1.807) is 28.1 Å². The van der Waals surface area contributed by atoms with E-state index in [0.29, 0.717) is 18.0 Å². The second kappa shape index (κ2) is 5.27. The van der Waals surface area contributed by atoms with Crippen molar-refractivity contribution in [2.75, 3.05) is 32.7 Å². The summed E-state index contributed by atoms with van der Waals surface area (Å²) in [7, 11) is 5.15. The van der Waals surface area contributed by atoms with Crippen LogP contribution in [0.2, 0.25) is 0 Å². The van der Waals surface area contributed by atoms with E-state index in [9.17, 15) is 5.11 Å². The molecule has 1 aromatic carbocycles. The summed E-state index contributed by atoms with van der Waals surface area (Å²) in [4.78, 5) is 1.97. The molecule has 1 N–H and O–H groups in total. The Balaban J connectivity index is 2.92. The molecule has 0 atom stereocenters. The number of rotatable bonds is 5. The molecule has 4 nitrogen and oxygen atoms in total. The van der Waals surface area contributed by atoms with Crippen molar-refractivity contribution in [3.8, 4) is 11.5 Å². The molecule has 0 radical (unpaired) electrons. The topological polar surface area (TPSA) is 41.9 Å². The zero-order chi connectivity index (χ0) is 13.1. The summed E-state index contributed by atoms with van der Waals surface area (Å²) in [6, 6.07) is 5.69. The highest BCUT2D eigenvalue weighted by Gasteiger charge is 2.17. The van der Waals surface area contributed by atoms with E-state index in [1.165, 1.54) is 0 Å². The molecular weight excluding hydrogens is 218 g/mol. The molecule has 0 saturated heterocycles. The quantitative estimate of drug-likeness (QED) is 0.852. The van der Waals surface area contributed by atoms with Crippen LogP contribution in [0.1, 0.15) is 13.8 Å². The van der Waals surface area contributed by atoms with Gasteiger partial charge >= 0.3 is 0 Å². The lowest BCUT2D eigenvalue weighted by Gasteiger charge is -2.27. The van der Waals surface area contributed by atoms with Crippen molar-refractivity contribution >= 4 is 5.69 Å². The molecule has 1 rings (SSSR count). The Hall–Kier alpha value is -1.42. The summed E-state index contributed by atoms with van der Waals surface area (Å²) in [5.41, 5.74) is 0.242. The second-order valence-corrected chi connectivity index (χ2v) is 4.71. The number of ether oxygens (including phenoxy) is 2. The third kappa shape index (κ3) is 3.82. The van der Waals surface area contributed by atoms with Crippen LogP contribution in [0.3, 0.4) is 0 Å². The smallest absolute Gasteiger partial charge is 0.162 e. The lowest BCUT2D eigenvalue weighted by molar-refractivity contribution is 0.0886. The number of hydrogen-bond donors (Lipinski definition) is 1. The van der Waals surface area contributed by atoms with Crippen LogP contribution in [-0.4, -0.2) is 38.5 Å². The Morgan fingerprint density at radius 3 is 2.24 bits per heavy atom. The van der Waals surface area contributed by atoms with E-state index in [0.717, 1.165) is 5.69 Å². The molecule has 0 spiro atoms. The fourth-order valence-electron chi connectivity index (χ4n) is 1.73. The summed E-state index contributed by atoms with van der Waals surface area (Å²) in [6.45, 7) is 4.11. The number of likely N-dealkylation sites (N-methyl/N-ethyl adjacent to an activating group) is 1. The van der Waals surface area contributed by atoms with Crippen LogP contribution >= 0.6 is 0 Å². The summed E-state index contributed by atoms with van der Waals surface area (Å²) in [6.07, 6.45) is 0. The molecule has 0 aliphatic rings. The van der Waals surface area contributed by atoms with Crippen LogP contribution in [0.15, 0.2) is 18.2 Å². The van der Waals surface area contributed by atoms with Crippen molar-refractivity contribution < 1.29 is 14.6 Å². The highest BCUT2D eigenvalue weighted by atomic mass is 16.5. The largest absolute Gasteiger partial charge is 0.493 e. The van der Waals surface area contributed by atoms with Gasteiger partial charge in [-0.15, -0.1) is 0 Å². The molecule has 0 fully saturated rings. The van der Waals surface area contributed by atoms with Crippen molar-refractivity contribution in [2.24, 2.45) is 0 Å². The third-order valence-corrected chi connectivity index (χ3v) is 2.43. The van der Waals surface area contributed by atoms with Crippen molar-refractivity contribution in [3.05, 3.63) is 18.2 Å². The average Bonchev–Trinajstić information content (AvgIpc) is 2.25. The number of methoxy groups -OCH3 is 2. The zero-order valence-corrected chi connectivity index (χ0v) is 11.2. The monoisotopic (exact) mass is 239 g/mol. The molecule has 0 unspecified atom stereocenters. The lowest BCUT2D eigenvalue weighted by Crippen LogP contribution is -2.36. The minimum absolute atomic E-state index is 0.544. The standard InChI is InChI=1S/C13H21NO3/c1-13(2,15)9-14(3)10-6-7-11(16-4)12(8-10)17-5/h6-8,15H,9H2,1-5H3. The van der Waals surface area contributed by atoms with Crippen LogP contribution in [0, 0.1) is 0 Å². The van der Waals surface area contributed by atoms with Crippen LogP contribution in [0.25, 0.3) is 0 Å². The van der Waals surface area contributed by atoms with Crippen molar-refractivity contribution in [3.63, 3.8) is 0 Å². The van der Waals surface area contributed by atoms with Crippen molar-refractivity contribution in [1.82, 2.24) is 0 Å². The predicted molar refractivity (Wildman–Crippen MR) is 69.1 cm³/mol. The molecule has 0 saturated carbocycles. The Labute approximate surface area is 103 Å². The van der Waals surface area contributed by atoms with Crippen molar-refractivity contribution in [2.45, 2.75) is 19.4 Å². The van der Waals surface area contributed by atoms with Gasteiger partial charge in [0.05, 0.1) is 19.8 Å². The van der Waals surface area contributed by atoms with E-state index in [1.807, 2.05) is 30.1 Å². The molecule has 0 aliphatic heterocycles. The summed E-state index contributed by atoms with van der Waals surface area (Å²) in [5.74, 6) is 1.39. The predicted octanol–water partition coefficient (Wildman–Crippen LogP) is 1.91. The van der Waals surface area contributed by atoms with E-state index in [2.05, 4.69) is 0 Å². The number of anilines is 1. The fourth-order valence-corrected chi connectivity index (χ4v) is 1.73. The minimum atomic E-state index is -0.734. The first-order valence-corrected chi connectivity index (χ1v) is 5.53. The van der Waals surface area contributed by atoms with Gasteiger partial charge < -0.3 is 19.5 Å². The Kier molecular flexibility index (Phi) is 4.23. The molecular formula is C13H21NO3. The molecule has 4 heteroatoms. The summed E-state index contributed by atoms with van der Waals surface area (Å²) < 4.78 is 10.4. The van der Waals surface area contributed by atoms with E-state index in [4.69, 9.17) is 9.47 Å². The van der Waals surface area contributed by atoms with Crippen LogP contribution in [-0.2, 0) is 0 Å². The summed E-state index contributed by atoms with van der Waals surface area (Å²) in [5, 5.41) is 9.78. The van der Waals surface area contributed by atoms with Gasteiger partial charge in [0.25, 0.3) is 0 Å². The Morgan fingerprint density at radius 2 is 1.76 bits per heavy atom.